The summed E-state index contributed by atoms with van der Waals surface area (Å²) < 4.78 is 0. The summed E-state index contributed by atoms with van der Waals surface area (Å²) in [5, 5.41) is 9.92. The number of para-hydroxylation sites is 1. The molecule has 0 bridgehead atoms. The quantitative estimate of drug-likeness (QED) is 0.710. The van der Waals surface area contributed by atoms with E-state index in [2.05, 4.69) is 4.98 Å². The minimum absolute atomic E-state index is 0.231. The Balaban J connectivity index is 1.88. The second kappa shape index (κ2) is 6.14. The number of hydrogen-bond acceptors (Lipinski definition) is 3. The summed E-state index contributed by atoms with van der Waals surface area (Å²) >= 11 is 0. The van der Waals surface area contributed by atoms with Crippen LogP contribution in [0, 0.1) is 0 Å². The van der Waals surface area contributed by atoms with Crippen molar-refractivity contribution in [2.45, 2.75) is 0 Å². The molecule has 0 fully saturated rings. The van der Waals surface area contributed by atoms with Crippen LogP contribution in [0.5, 0.6) is 5.75 Å². The molecule has 0 spiro atoms. The highest BCUT2D eigenvalue weighted by atomic mass is 16.3. The van der Waals surface area contributed by atoms with Crippen molar-refractivity contribution in [2.75, 3.05) is 5.73 Å². The normalized spacial score (nSPS) is 10.9. The van der Waals surface area contributed by atoms with Crippen molar-refractivity contribution in [1.29, 1.82) is 0 Å². The summed E-state index contributed by atoms with van der Waals surface area (Å²) in [5.74, 6) is 0.231. The Morgan fingerprint density at radius 2 is 1.59 bits per heavy atom. The third kappa shape index (κ3) is 3.15. The summed E-state index contributed by atoms with van der Waals surface area (Å²) in [5.41, 5.74) is 10.0. The van der Waals surface area contributed by atoms with Crippen molar-refractivity contribution in [3.8, 4) is 17.0 Å². The molecule has 1 heterocycles. The first kappa shape index (κ1) is 13.9. The highest BCUT2D eigenvalue weighted by Gasteiger charge is 2.04. The molecule has 3 heteroatoms. The number of nitrogens with two attached hydrogens (primary N) is 1. The predicted octanol–water partition coefficient (Wildman–Crippen LogP) is 4.21. The SMILES string of the molecule is Nc1ccc(/C=C/c2ccnc(-c3ccccc3O)c2)cc1. The molecule has 3 rings (SSSR count). The largest absolute Gasteiger partial charge is 0.507 e. The highest BCUT2D eigenvalue weighted by Crippen LogP contribution is 2.27. The van der Waals surface area contributed by atoms with E-state index < -0.39 is 0 Å². The van der Waals surface area contributed by atoms with E-state index in [-0.39, 0.29) is 5.75 Å². The van der Waals surface area contributed by atoms with E-state index >= 15 is 0 Å². The lowest BCUT2D eigenvalue weighted by Crippen LogP contribution is -1.85. The third-order valence-corrected chi connectivity index (χ3v) is 3.37. The van der Waals surface area contributed by atoms with Gasteiger partial charge in [-0.1, -0.05) is 36.4 Å². The number of nitrogen functional groups attached to an aromatic ring is 1. The van der Waals surface area contributed by atoms with Gasteiger partial charge in [-0.2, -0.15) is 0 Å². The number of phenolic OH excluding ortho intramolecular Hbond substituents is 1. The molecule has 108 valence electrons. The Bertz CT molecular complexity index is 808. The van der Waals surface area contributed by atoms with E-state index in [9.17, 15) is 5.11 Å². The summed E-state index contributed by atoms with van der Waals surface area (Å²) in [7, 11) is 0. The average molecular weight is 288 g/mol. The van der Waals surface area contributed by atoms with Crippen molar-refractivity contribution in [2.24, 2.45) is 0 Å². The maximum atomic E-state index is 9.92. The fourth-order valence-corrected chi connectivity index (χ4v) is 2.19. The zero-order valence-electron chi connectivity index (χ0n) is 12.0. The first-order chi connectivity index (χ1) is 10.7. The van der Waals surface area contributed by atoms with Gasteiger partial charge in [-0.15, -0.1) is 0 Å². The number of rotatable bonds is 3. The standard InChI is InChI=1S/C19H16N2O/c20-16-9-7-14(8-10-16)5-6-15-11-12-21-18(13-15)17-3-1-2-4-19(17)22/h1-13,22H,20H2/b6-5+. The summed E-state index contributed by atoms with van der Waals surface area (Å²) in [4.78, 5) is 4.33. The van der Waals surface area contributed by atoms with Crippen LogP contribution in [0.4, 0.5) is 5.69 Å². The summed E-state index contributed by atoms with van der Waals surface area (Å²) in [6.45, 7) is 0. The number of hydrogen-bond donors (Lipinski definition) is 2. The van der Waals surface area contributed by atoms with Gasteiger partial charge in [0.15, 0.2) is 0 Å². The second-order valence-electron chi connectivity index (χ2n) is 4.99. The molecule has 1 aromatic heterocycles. The lowest BCUT2D eigenvalue weighted by atomic mass is 10.1. The molecule has 0 aliphatic rings. The molecule has 3 nitrogen and oxygen atoms in total. The van der Waals surface area contributed by atoms with Gasteiger partial charge < -0.3 is 10.8 Å². The minimum Gasteiger partial charge on any atom is -0.507 e. The molecule has 0 aliphatic carbocycles. The fourth-order valence-electron chi connectivity index (χ4n) is 2.19. The number of pyridine rings is 1. The van der Waals surface area contributed by atoms with Gasteiger partial charge in [-0.05, 0) is 47.5 Å². The molecule has 0 unspecified atom stereocenters. The van der Waals surface area contributed by atoms with Crippen LogP contribution in [-0.2, 0) is 0 Å². The minimum atomic E-state index is 0.231. The lowest BCUT2D eigenvalue weighted by Gasteiger charge is -2.04. The predicted molar refractivity (Wildman–Crippen MR) is 91.1 cm³/mol. The van der Waals surface area contributed by atoms with Gasteiger partial charge in [0.1, 0.15) is 5.75 Å². The van der Waals surface area contributed by atoms with Gasteiger partial charge in [0.2, 0.25) is 0 Å². The number of nitrogens with zero attached hydrogens (tertiary/aromatic N) is 1. The van der Waals surface area contributed by atoms with Crippen LogP contribution in [0.2, 0.25) is 0 Å². The number of anilines is 1. The molecule has 0 aliphatic heterocycles. The maximum Gasteiger partial charge on any atom is 0.124 e. The topological polar surface area (TPSA) is 59.1 Å². The van der Waals surface area contributed by atoms with Gasteiger partial charge in [-0.3, -0.25) is 4.98 Å². The second-order valence-corrected chi connectivity index (χ2v) is 4.99. The highest BCUT2D eigenvalue weighted by molar-refractivity contribution is 5.74. The zero-order chi connectivity index (χ0) is 15.4. The molecule has 0 saturated heterocycles. The van der Waals surface area contributed by atoms with Gasteiger partial charge >= 0.3 is 0 Å². The molecule has 0 amide bonds. The molecular weight excluding hydrogens is 272 g/mol. The number of aromatic nitrogens is 1. The van der Waals surface area contributed by atoms with Gasteiger partial charge in [0.05, 0.1) is 5.69 Å². The Morgan fingerprint density at radius 1 is 0.864 bits per heavy atom. The number of phenols is 1. The van der Waals surface area contributed by atoms with E-state index in [1.807, 2.05) is 60.7 Å². The van der Waals surface area contributed by atoms with Crippen LogP contribution in [0.3, 0.4) is 0 Å². The van der Waals surface area contributed by atoms with Crippen LogP contribution >= 0.6 is 0 Å². The zero-order valence-corrected chi connectivity index (χ0v) is 12.0. The van der Waals surface area contributed by atoms with E-state index in [4.69, 9.17) is 5.73 Å². The average Bonchev–Trinajstić information content (AvgIpc) is 2.55. The van der Waals surface area contributed by atoms with E-state index in [1.165, 1.54) is 0 Å². The first-order valence-corrected chi connectivity index (χ1v) is 7.00. The first-order valence-electron chi connectivity index (χ1n) is 7.00. The molecule has 0 saturated carbocycles. The van der Waals surface area contributed by atoms with Crippen LogP contribution in [0.15, 0.2) is 66.9 Å². The number of benzene rings is 2. The molecular formula is C19H16N2O. The van der Waals surface area contributed by atoms with Gasteiger partial charge in [-0.25, -0.2) is 0 Å². The van der Waals surface area contributed by atoms with Crippen LogP contribution in [0.25, 0.3) is 23.4 Å². The molecule has 22 heavy (non-hydrogen) atoms. The van der Waals surface area contributed by atoms with Crippen molar-refractivity contribution < 1.29 is 5.11 Å². The Morgan fingerprint density at radius 3 is 2.36 bits per heavy atom. The monoisotopic (exact) mass is 288 g/mol. The summed E-state index contributed by atoms with van der Waals surface area (Å²) in [6, 6.07) is 18.8. The molecule has 0 atom stereocenters. The van der Waals surface area contributed by atoms with Gasteiger partial charge in [0.25, 0.3) is 0 Å². The third-order valence-electron chi connectivity index (χ3n) is 3.37. The fraction of sp³-hybridized carbons (Fsp3) is 0. The molecule has 2 aromatic carbocycles. The Labute approximate surface area is 129 Å². The Hall–Kier alpha value is -3.07. The number of aromatic hydroxyl groups is 1. The van der Waals surface area contributed by atoms with Crippen molar-refractivity contribution in [3.05, 3.63) is 78.0 Å². The molecule has 3 N–H and O–H groups in total. The maximum absolute atomic E-state index is 9.92. The van der Waals surface area contributed by atoms with E-state index in [0.717, 1.165) is 28.1 Å². The van der Waals surface area contributed by atoms with Crippen molar-refractivity contribution >= 4 is 17.8 Å². The van der Waals surface area contributed by atoms with E-state index in [1.54, 1.807) is 18.3 Å². The molecule has 0 radical (unpaired) electrons. The van der Waals surface area contributed by atoms with Gasteiger partial charge in [0, 0.05) is 17.4 Å². The van der Waals surface area contributed by atoms with Crippen LogP contribution in [-0.4, -0.2) is 10.1 Å². The van der Waals surface area contributed by atoms with Crippen LogP contribution < -0.4 is 5.73 Å². The van der Waals surface area contributed by atoms with Crippen molar-refractivity contribution in [1.82, 2.24) is 4.98 Å². The lowest BCUT2D eigenvalue weighted by molar-refractivity contribution is 0.477. The molecule has 3 aromatic rings. The van der Waals surface area contributed by atoms with Crippen LogP contribution in [0.1, 0.15) is 11.1 Å². The van der Waals surface area contributed by atoms with Crippen molar-refractivity contribution in [3.63, 3.8) is 0 Å². The smallest absolute Gasteiger partial charge is 0.124 e. The Kier molecular flexibility index (Phi) is 3.88. The van der Waals surface area contributed by atoms with E-state index in [0.29, 0.717) is 0 Å². The summed E-state index contributed by atoms with van der Waals surface area (Å²) in [6.07, 6.45) is 5.77.